The lowest BCUT2D eigenvalue weighted by atomic mass is 9.93. The lowest BCUT2D eigenvalue weighted by molar-refractivity contribution is 0.117. The fraction of sp³-hybridized carbons (Fsp3) is 0.286. The molecule has 1 saturated heterocycles. The Hall–Kier alpha value is -3.15. The molecule has 2 aliphatic heterocycles. The lowest BCUT2D eigenvalue weighted by Gasteiger charge is -2.39. The molecule has 170 valence electrons. The summed E-state index contributed by atoms with van der Waals surface area (Å²) in [5.74, 6) is 1.27. The molecule has 0 aliphatic carbocycles. The van der Waals surface area contributed by atoms with Gasteiger partial charge >= 0.3 is 0 Å². The van der Waals surface area contributed by atoms with Crippen LogP contribution in [0.25, 0.3) is 6.08 Å². The van der Waals surface area contributed by atoms with Crippen LogP contribution in [-0.2, 0) is 6.61 Å². The van der Waals surface area contributed by atoms with Crippen molar-refractivity contribution in [2.45, 2.75) is 12.6 Å². The SMILES string of the molecule is COc1cccc(C=CCN2CCN(C3c4ccccc4COc4cc(F)ccc43)CC2)c1. The van der Waals surface area contributed by atoms with Crippen molar-refractivity contribution in [1.82, 2.24) is 9.80 Å². The summed E-state index contributed by atoms with van der Waals surface area (Å²) in [4.78, 5) is 4.98. The molecule has 0 amide bonds. The quantitative estimate of drug-likeness (QED) is 0.544. The molecule has 33 heavy (non-hydrogen) atoms. The Morgan fingerprint density at radius 2 is 1.82 bits per heavy atom. The number of halogens is 1. The van der Waals surface area contributed by atoms with Crippen LogP contribution in [0.15, 0.2) is 72.8 Å². The van der Waals surface area contributed by atoms with E-state index in [9.17, 15) is 4.39 Å². The number of rotatable bonds is 5. The number of benzene rings is 3. The van der Waals surface area contributed by atoms with Crippen molar-refractivity contribution in [3.05, 3.63) is 101 Å². The van der Waals surface area contributed by atoms with E-state index in [4.69, 9.17) is 9.47 Å². The number of piperazine rings is 1. The van der Waals surface area contributed by atoms with Gasteiger partial charge in [0.05, 0.1) is 13.2 Å². The van der Waals surface area contributed by atoms with Crippen molar-refractivity contribution in [3.63, 3.8) is 0 Å². The molecule has 1 fully saturated rings. The molecule has 3 aromatic rings. The number of fused-ring (bicyclic) bond motifs is 2. The summed E-state index contributed by atoms with van der Waals surface area (Å²) < 4.78 is 25.3. The fourth-order valence-corrected chi connectivity index (χ4v) is 4.80. The van der Waals surface area contributed by atoms with Crippen LogP contribution in [0.3, 0.4) is 0 Å². The molecule has 0 N–H and O–H groups in total. The molecular weight excluding hydrogens is 415 g/mol. The maximum absolute atomic E-state index is 13.9. The maximum Gasteiger partial charge on any atom is 0.127 e. The molecule has 0 radical (unpaired) electrons. The molecule has 3 aromatic carbocycles. The molecule has 0 bridgehead atoms. The topological polar surface area (TPSA) is 24.9 Å². The second-order valence-corrected chi connectivity index (χ2v) is 8.59. The average molecular weight is 445 g/mol. The molecule has 0 spiro atoms. The third kappa shape index (κ3) is 4.80. The minimum Gasteiger partial charge on any atom is -0.497 e. The Labute approximate surface area is 194 Å². The van der Waals surface area contributed by atoms with Crippen LogP contribution < -0.4 is 9.47 Å². The van der Waals surface area contributed by atoms with E-state index in [0.717, 1.165) is 49.6 Å². The van der Waals surface area contributed by atoms with E-state index in [-0.39, 0.29) is 11.9 Å². The molecule has 0 saturated carbocycles. The monoisotopic (exact) mass is 444 g/mol. The van der Waals surface area contributed by atoms with Gasteiger partial charge in [0.15, 0.2) is 0 Å². The van der Waals surface area contributed by atoms with E-state index in [1.807, 2.05) is 30.3 Å². The summed E-state index contributed by atoms with van der Waals surface area (Å²) in [7, 11) is 1.69. The average Bonchev–Trinajstić information content (AvgIpc) is 3.01. The number of hydrogen-bond donors (Lipinski definition) is 0. The first-order valence-electron chi connectivity index (χ1n) is 11.5. The summed E-state index contributed by atoms with van der Waals surface area (Å²) in [6.07, 6.45) is 4.37. The number of methoxy groups -OCH3 is 1. The third-order valence-electron chi connectivity index (χ3n) is 6.54. The number of nitrogens with zero attached hydrogens (tertiary/aromatic N) is 2. The first-order chi connectivity index (χ1) is 16.2. The maximum atomic E-state index is 13.9. The van der Waals surface area contributed by atoms with Crippen molar-refractivity contribution >= 4 is 6.08 Å². The van der Waals surface area contributed by atoms with Crippen molar-refractivity contribution in [3.8, 4) is 11.5 Å². The summed E-state index contributed by atoms with van der Waals surface area (Å²) in [5.41, 5.74) is 4.62. The van der Waals surface area contributed by atoms with Crippen molar-refractivity contribution in [2.24, 2.45) is 0 Å². The number of hydrogen-bond acceptors (Lipinski definition) is 4. The molecule has 4 nitrogen and oxygen atoms in total. The molecule has 2 heterocycles. The van der Waals surface area contributed by atoms with E-state index in [1.54, 1.807) is 13.2 Å². The van der Waals surface area contributed by atoms with Crippen LogP contribution in [0, 0.1) is 5.82 Å². The highest BCUT2D eigenvalue weighted by Gasteiger charge is 2.31. The van der Waals surface area contributed by atoms with Crippen molar-refractivity contribution in [2.75, 3.05) is 39.8 Å². The standard InChI is InChI=1S/C28H29FN2O2/c1-32-24-9-4-6-21(18-24)7-5-13-30-14-16-31(17-15-30)28-25-10-3-2-8-22(25)20-33-27-19-23(29)11-12-26(27)28/h2-12,18-19,28H,13-17,20H2,1H3. The minimum absolute atomic E-state index is 0.0776. The van der Waals surface area contributed by atoms with Gasteiger partial charge in [-0.05, 0) is 34.9 Å². The van der Waals surface area contributed by atoms with Gasteiger partial charge in [-0.15, -0.1) is 0 Å². The third-order valence-corrected chi connectivity index (χ3v) is 6.54. The molecular formula is C28H29FN2O2. The predicted molar refractivity (Wildman–Crippen MR) is 129 cm³/mol. The normalized spacial score (nSPS) is 18.9. The summed E-state index contributed by atoms with van der Waals surface area (Å²) >= 11 is 0. The minimum atomic E-state index is -0.258. The van der Waals surface area contributed by atoms with E-state index >= 15 is 0 Å². The lowest BCUT2D eigenvalue weighted by Crippen LogP contribution is -2.47. The van der Waals surface area contributed by atoms with E-state index in [1.165, 1.54) is 17.2 Å². The van der Waals surface area contributed by atoms with Crippen LogP contribution in [0.2, 0.25) is 0 Å². The Bertz CT molecular complexity index is 1140. The zero-order valence-electron chi connectivity index (χ0n) is 18.9. The highest BCUT2D eigenvalue weighted by atomic mass is 19.1. The predicted octanol–water partition coefficient (Wildman–Crippen LogP) is 5.15. The summed E-state index contributed by atoms with van der Waals surface area (Å²) in [6.45, 7) is 5.25. The van der Waals surface area contributed by atoms with Crippen LogP contribution in [0.4, 0.5) is 4.39 Å². The first-order valence-corrected chi connectivity index (χ1v) is 11.5. The van der Waals surface area contributed by atoms with Gasteiger partial charge in [0.1, 0.15) is 23.9 Å². The van der Waals surface area contributed by atoms with Gasteiger partial charge in [-0.3, -0.25) is 9.80 Å². The second-order valence-electron chi connectivity index (χ2n) is 8.59. The van der Waals surface area contributed by atoms with Gasteiger partial charge in [-0.2, -0.15) is 0 Å². The van der Waals surface area contributed by atoms with Gasteiger partial charge in [0.25, 0.3) is 0 Å². The van der Waals surface area contributed by atoms with Gasteiger partial charge in [0.2, 0.25) is 0 Å². The Balaban J connectivity index is 1.29. The first kappa shape index (κ1) is 21.7. The van der Waals surface area contributed by atoms with Crippen LogP contribution in [0.5, 0.6) is 11.5 Å². The zero-order valence-corrected chi connectivity index (χ0v) is 18.9. The van der Waals surface area contributed by atoms with E-state index < -0.39 is 0 Å². The highest BCUT2D eigenvalue weighted by Crippen LogP contribution is 2.40. The highest BCUT2D eigenvalue weighted by molar-refractivity contribution is 5.52. The van der Waals surface area contributed by atoms with Gasteiger partial charge in [0, 0.05) is 44.4 Å². The number of ether oxygens (including phenoxy) is 2. The molecule has 1 unspecified atom stereocenters. The Kier molecular flexibility index (Phi) is 6.42. The zero-order chi connectivity index (χ0) is 22.6. The Morgan fingerprint density at radius 3 is 2.67 bits per heavy atom. The Morgan fingerprint density at radius 1 is 0.970 bits per heavy atom. The fourth-order valence-electron chi connectivity index (χ4n) is 4.80. The van der Waals surface area contributed by atoms with Gasteiger partial charge in [-0.25, -0.2) is 4.39 Å². The van der Waals surface area contributed by atoms with Gasteiger partial charge in [-0.1, -0.05) is 54.6 Å². The molecule has 5 heteroatoms. The smallest absolute Gasteiger partial charge is 0.127 e. The largest absolute Gasteiger partial charge is 0.497 e. The summed E-state index contributed by atoms with van der Waals surface area (Å²) in [5, 5.41) is 0. The van der Waals surface area contributed by atoms with Gasteiger partial charge < -0.3 is 9.47 Å². The molecule has 1 atom stereocenters. The van der Waals surface area contributed by atoms with Crippen molar-refractivity contribution in [1.29, 1.82) is 0 Å². The van der Waals surface area contributed by atoms with E-state index in [0.29, 0.717) is 12.4 Å². The van der Waals surface area contributed by atoms with Crippen molar-refractivity contribution < 1.29 is 13.9 Å². The molecule has 2 aliphatic rings. The van der Waals surface area contributed by atoms with Crippen LogP contribution >= 0.6 is 0 Å². The summed E-state index contributed by atoms with van der Waals surface area (Å²) in [6, 6.07) is 21.6. The van der Waals surface area contributed by atoms with Crippen LogP contribution in [0.1, 0.15) is 28.3 Å². The van der Waals surface area contributed by atoms with E-state index in [2.05, 4.69) is 46.2 Å². The van der Waals surface area contributed by atoms with Crippen LogP contribution in [-0.4, -0.2) is 49.6 Å². The second kappa shape index (κ2) is 9.77. The molecule has 5 rings (SSSR count). The molecule has 0 aromatic heterocycles.